The minimum atomic E-state index is 0.316. The summed E-state index contributed by atoms with van der Waals surface area (Å²) in [4.78, 5) is 0. The topological polar surface area (TPSA) is 29.5 Å². The van der Waals surface area contributed by atoms with E-state index in [0.29, 0.717) is 17.6 Å². The minimum absolute atomic E-state index is 0.316. The summed E-state index contributed by atoms with van der Waals surface area (Å²) in [6, 6.07) is 13.7. The molecule has 118 valence electrons. The molecule has 0 bridgehead atoms. The van der Waals surface area contributed by atoms with E-state index in [4.69, 9.17) is 4.74 Å². The molecule has 0 aromatic heterocycles. The molecular weight excluding hydrogens is 272 g/mol. The molecule has 0 saturated carbocycles. The number of aromatic hydroxyl groups is 1. The van der Waals surface area contributed by atoms with Gasteiger partial charge in [-0.1, -0.05) is 39.8 Å². The Morgan fingerprint density at radius 1 is 0.864 bits per heavy atom. The van der Waals surface area contributed by atoms with Crippen molar-refractivity contribution in [3.05, 3.63) is 53.6 Å². The van der Waals surface area contributed by atoms with E-state index in [9.17, 15) is 5.11 Å². The molecule has 0 amide bonds. The van der Waals surface area contributed by atoms with Crippen molar-refractivity contribution in [3.63, 3.8) is 0 Å². The van der Waals surface area contributed by atoms with E-state index in [1.54, 1.807) is 6.07 Å². The van der Waals surface area contributed by atoms with Gasteiger partial charge >= 0.3 is 0 Å². The summed E-state index contributed by atoms with van der Waals surface area (Å²) < 4.78 is 5.93. The number of hydrogen-bond donors (Lipinski definition) is 1. The quantitative estimate of drug-likeness (QED) is 0.686. The van der Waals surface area contributed by atoms with Crippen molar-refractivity contribution in [3.8, 4) is 17.2 Å². The van der Waals surface area contributed by atoms with E-state index in [2.05, 4.69) is 39.8 Å². The molecule has 0 fully saturated rings. The molecule has 2 nitrogen and oxygen atoms in total. The highest BCUT2D eigenvalue weighted by molar-refractivity contribution is 5.43. The molecule has 2 rings (SSSR count). The summed E-state index contributed by atoms with van der Waals surface area (Å²) in [5, 5.41) is 9.97. The molecule has 0 spiro atoms. The zero-order valence-electron chi connectivity index (χ0n) is 14.0. The Morgan fingerprint density at radius 2 is 1.45 bits per heavy atom. The molecule has 2 aromatic carbocycles. The lowest BCUT2D eigenvalue weighted by molar-refractivity contribution is 0.452. The van der Waals surface area contributed by atoms with Crippen LogP contribution >= 0.6 is 0 Å². The van der Waals surface area contributed by atoms with Crippen molar-refractivity contribution < 1.29 is 9.84 Å². The van der Waals surface area contributed by atoms with Crippen LogP contribution in [0.4, 0.5) is 0 Å². The lowest BCUT2D eigenvalue weighted by atomic mass is 9.97. The number of ether oxygens (including phenoxy) is 1. The van der Waals surface area contributed by atoms with Crippen molar-refractivity contribution >= 4 is 0 Å². The third kappa shape index (κ3) is 3.82. The van der Waals surface area contributed by atoms with Crippen molar-refractivity contribution in [2.75, 3.05) is 0 Å². The molecule has 0 aliphatic carbocycles. The molecule has 2 aromatic rings. The van der Waals surface area contributed by atoms with Crippen LogP contribution < -0.4 is 4.74 Å². The summed E-state index contributed by atoms with van der Waals surface area (Å²) in [6.07, 6.45) is 2.12. The van der Waals surface area contributed by atoms with E-state index >= 15 is 0 Å². The first-order valence-corrected chi connectivity index (χ1v) is 8.15. The maximum Gasteiger partial charge on any atom is 0.127 e. The normalized spacial score (nSPS) is 13.6. The lowest BCUT2D eigenvalue weighted by Gasteiger charge is -2.14. The molecule has 0 aliphatic heterocycles. The Balaban J connectivity index is 2.17. The Morgan fingerprint density at radius 3 is 2.05 bits per heavy atom. The first-order chi connectivity index (χ1) is 10.5. The molecule has 1 N–H and O–H groups in total. The number of phenols is 1. The van der Waals surface area contributed by atoms with Crippen LogP contribution in [-0.4, -0.2) is 5.11 Å². The molecule has 0 saturated heterocycles. The summed E-state index contributed by atoms with van der Waals surface area (Å²) in [6.45, 7) is 8.65. The predicted octanol–water partition coefficient (Wildman–Crippen LogP) is 6.21. The van der Waals surface area contributed by atoms with Gasteiger partial charge in [0.15, 0.2) is 0 Å². The molecule has 0 aliphatic rings. The van der Waals surface area contributed by atoms with Gasteiger partial charge in [0.05, 0.1) is 0 Å². The molecule has 2 heteroatoms. The van der Waals surface area contributed by atoms with Gasteiger partial charge in [0.25, 0.3) is 0 Å². The second-order valence-corrected chi connectivity index (χ2v) is 6.01. The highest BCUT2D eigenvalue weighted by atomic mass is 16.5. The van der Waals surface area contributed by atoms with E-state index in [1.165, 1.54) is 5.56 Å². The van der Waals surface area contributed by atoms with Crippen LogP contribution in [0.3, 0.4) is 0 Å². The van der Waals surface area contributed by atoms with Gasteiger partial charge in [-0.2, -0.15) is 0 Å². The Hall–Kier alpha value is -1.96. The third-order valence-corrected chi connectivity index (χ3v) is 4.44. The standard InChI is InChI=1S/C20H26O2/c1-5-14(3)16-7-9-17(10-8-16)22-18-11-12-20(21)19(13-18)15(4)6-2/h7-15,21H,5-6H2,1-4H3. The molecule has 2 atom stereocenters. The van der Waals surface area contributed by atoms with Crippen molar-refractivity contribution in [2.45, 2.75) is 52.4 Å². The smallest absolute Gasteiger partial charge is 0.127 e. The highest BCUT2D eigenvalue weighted by Crippen LogP contribution is 2.33. The van der Waals surface area contributed by atoms with Gasteiger partial charge in [0.1, 0.15) is 17.2 Å². The number of hydrogen-bond acceptors (Lipinski definition) is 2. The van der Waals surface area contributed by atoms with Gasteiger partial charge in [0, 0.05) is 5.56 Å². The molecule has 0 radical (unpaired) electrons. The highest BCUT2D eigenvalue weighted by Gasteiger charge is 2.10. The maximum absolute atomic E-state index is 9.97. The summed E-state index contributed by atoms with van der Waals surface area (Å²) in [5.74, 6) is 2.82. The van der Waals surface area contributed by atoms with E-state index in [0.717, 1.165) is 29.9 Å². The van der Waals surface area contributed by atoms with Crippen LogP contribution in [0.25, 0.3) is 0 Å². The maximum atomic E-state index is 9.97. The average Bonchev–Trinajstić information content (AvgIpc) is 2.55. The number of benzene rings is 2. The number of rotatable bonds is 6. The van der Waals surface area contributed by atoms with Crippen LogP contribution in [0.15, 0.2) is 42.5 Å². The SMILES string of the molecule is CCC(C)c1ccc(Oc2ccc(O)c(C(C)CC)c2)cc1. The van der Waals surface area contributed by atoms with Crippen molar-refractivity contribution in [1.29, 1.82) is 0 Å². The predicted molar refractivity (Wildman–Crippen MR) is 92.0 cm³/mol. The van der Waals surface area contributed by atoms with E-state index in [1.807, 2.05) is 24.3 Å². The van der Waals surface area contributed by atoms with Crippen LogP contribution in [0.5, 0.6) is 17.2 Å². The first-order valence-electron chi connectivity index (χ1n) is 8.15. The summed E-state index contributed by atoms with van der Waals surface area (Å²) in [5.41, 5.74) is 2.28. The summed E-state index contributed by atoms with van der Waals surface area (Å²) in [7, 11) is 0. The Labute approximate surface area is 133 Å². The van der Waals surface area contributed by atoms with Gasteiger partial charge in [0.2, 0.25) is 0 Å². The van der Waals surface area contributed by atoms with Crippen molar-refractivity contribution in [1.82, 2.24) is 0 Å². The molecule has 0 heterocycles. The largest absolute Gasteiger partial charge is 0.508 e. The van der Waals surface area contributed by atoms with Crippen molar-refractivity contribution in [2.24, 2.45) is 0 Å². The van der Waals surface area contributed by atoms with Gasteiger partial charge in [-0.15, -0.1) is 0 Å². The van der Waals surface area contributed by atoms with Crippen LogP contribution in [0, 0.1) is 0 Å². The lowest BCUT2D eigenvalue weighted by Crippen LogP contribution is -1.94. The summed E-state index contributed by atoms with van der Waals surface area (Å²) >= 11 is 0. The van der Waals surface area contributed by atoms with E-state index in [-0.39, 0.29) is 0 Å². The van der Waals surface area contributed by atoms with Gasteiger partial charge < -0.3 is 9.84 Å². The third-order valence-electron chi connectivity index (χ3n) is 4.44. The average molecular weight is 298 g/mol. The second-order valence-electron chi connectivity index (χ2n) is 6.01. The van der Waals surface area contributed by atoms with Crippen LogP contribution in [0.1, 0.15) is 63.5 Å². The monoisotopic (exact) mass is 298 g/mol. The van der Waals surface area contributed by atoms with Crippen LogP contribution in [-0.2, 0) is 0 Å². The Bertz CT molecular complexity index is 602. The molecular formula is C20H26O2. The van der Waals surface area contributed by atoms with Gasteiger partial charge in [-0.25, -0.2) is 0 Å². The first kappa shape index (κ1) is 16.4. The second kappa shape index (κ2) is 7.35. The fourth-order valence-corrected chi connectivity index (χ4v) is 2.45. The number of phenolic OH excluding ortho intramolecular Hbond substituents is 1. The fourth-order valence-electron chi connectivity index (χ4n) is 2.45. The zero-order valence-corrected chi connectivity index (χ0v) is 14.0. The fraction of sp³-hybridized carbons (Fsp3) is 0.400. The molecule has 22 heavy (non-hydrogen) atoms. The van der Waals surface area contributed by atoms with Gasteiger partial charge in [-0.05, 0) is 60.6 Å². The Kier molecular flexibility index (Phi) is 5.48. The zero-order chi connectivity index (χ0) is 16.1. The van der Waals surface area contributed by atoms with Gasteiger partial charge in [-0.3, -0.25) is 0 Å². The minimum Gasteiger partial charge on any atom is -0.508 e. The van der Waals surface area contributed by atoms with Crippen LogP contribution in [0.2, 0.25) is 0 Å². The molecule has 2 unspecified atom stereocenters. The van der Waals surface area contributed by atoms with E-state index < -0.39 is 0 Å².